The zero-order valence-corrected chi connectivity index (χ0v) is 17.2. The Hall–Kier alpha value is -4.00. The van der Waals surface area contributed by atoms with Crippen LogP contribution in [0.5, 0.6) is 0 Å². The summed E-state index contributed by atoms with van der Waals surface area (Å²) in [4.78, 5) is 21.3. The molecule has 0 aliphatic heterocycles. The van der Waals surface area contributed by atoms with Gasteiger partial charge in [-0.1, -0.05) is 48.5 Å². The molecule has 0 spiro atoms. The van der Waals surface area contributed by atoms with Crippen LogP contribution in [0.1, 0.15) is 35.5 Å². The summed E-state index contributed by atoms with van der Waals surface area (Å²) >= 11 is 0. The molecule has 0 amide bonds. The molecule has 2 aromatic carbocycles. The van der Waals surface area contributed by atoms with E-state index in [0.717, 1.165) is 22.2 Å². The first-order chi connectivity index (χ1) is 15.0. The second-order valence-corrected chi connectivity index (χ2v) is 7.60. The highest BCUT2D eigenvalue weighted by Crippen LogP contribution is 2.31. The van der Waals surface area contributed by atoms with Gasteiger partial charge in [0.15, 0.2) is 5.65 Å². The van der Waals surface area contributed by atoms with Crippen LogP contribution in [0.4, 0.5) is 5.82 Å². The van der Waals surface area contributed by atoms with Crippen LogP contribution in [0.15, 0.2) is 70.1 Å². The lowest BCUT2D eigenvalue weighted by Gasteiger charge is -2.18. The topological polar surface area (TPSA) is 99.8 Å². The van der Waals surface area contributed by atoms with Crippen LogP contribution in [-0.2, 0) is 6.42 Å². The van der Waals surface area contributed by atoms with Crippen LogP contribution in [0, 0.1) is 6.92 Å². The van der Waals surface area contributed by atoms with E-state index in [1.54, 1.807) is 10.7 Å². The summed E-state index contributed by atoms with van der Waals surface area (Å²) in [5.74, 6) is 0.944. The Morgan fingerprint density at radius 2 is 1.74 bits per heavy atom. The molecule has 3 heterocycles. The van der Waals surface area contributed by atoms with Gasteiger partial charge in [-0.3, -0.25) is 0 Å². The predicted octanol–water partition coefficient (Wildman–Crippen LogP) is 4.02. The second-order valence-electron chi connectivity index (χ2n) is 7.60. The zero-order chi connectivity index (χ0) is 21.5. The zero-order valence-electron chi connectivity index (χ0n) is 17.2. The average molecular weight is 411 g/mol. The summed E-state index contributed by atoms with van der Waals surface area (Å²) in [5.41, 5.74) is 9.12. The first kappa shape index (κ1) is 19.0. The van der Waals surface area contributed by atoms with Crippen molar-refractivity contribution < 1.29 is 4.42 Å². The maximum absolute atomic E-state index is 12.8. The Morgan fingerprint density at radius 3 is 2.52 bits per heavy atom. The molecule has 1 atom stereocenters. The van der Waals surface area contributed by atoms with E-state index in [1.807, 2.05) is 50.2 Å². The second kappa shape index (κ2) is 7.36. The van der Waals surface area contributed by atoms with Gasteiger partial charge in [0.2, 0.25) is 0 Å². The quantitative estimate of drug-likeness (QED) is 0.479. The van der Waals surface area contributed by atoms with Gasteiger partial charge in [0, 0.05) is 12.0 Å². The first-order valence-corrected chi connectivity index (χ1v) is 10.1. The van der Waals surface area contributed by atoms with Crippen molar-refractivity contribution in [2.75, 3.05) is 5.73 Å². The molecule has 0 aliphatic rings. The summed E-state index contributed by atoms with van der Waals surface area (Å²) in [6.07, 6.45) is 2.05. The van der Waals surface area contributed by atoms with E-state index in [1.165, 1.54) is 6.33 Å². The lowest BCUT2D eigenvalue weighted by atomic mass is 9.96. The van der Waals surface area contributed by atoms with E-state index in [2.05, 4.69) is 27.2 Å². The van der Waals surface area contributed by atoms with Crippen molar-refractivity contribution in [2.24, 2.45) is 0 Å². The third kappa shape index (κ3) is 3.15. The fraction of sp³-hybridized carbons (Fsp3) is 0.167. The Labute approximate surface area is 178 Å². The van der Waals surface area contributed by atoms with Gasteiger partial charge in [-0.25, -0.2) is 19.4 Å². The van der Waals surface area contributed by atoms with Crippen LogP contribution in [0.2, 0.25) is 0 Å². The molecule has 7 nitrogen and oxygen atoms in total. The minimum absolute atomic E-state index is 0.364. The third-order valence-corrected chi connectivity index (χ3v) is 5.64. The number of nitrogen functional groups attached to an aromatic ring is 1. The molecular weight excluding hydrogens is 390 g/mol. The van der Waals surface area contributed by atoms with Gasteiger partial charge < -0.3 is 10.2 Å². The van der Waals surface area contributed by atoms with E-state index in [4.69, 9.17) is 10.2 Å². The molecule has 3 aromatic heterocycles. The van der Waals surface area contributed by atoms with Crippen molar-refractivity contribution in [2.45, 2.75) is 26.3 Å². The summed E-state index contributed by atoms with van der Waals surface area (Å²) < 4.78 is 7.66. The highest BCUT2D eigenvalue weighted by atomic mass is 16.4. The van der Waals surface area contributed by atoms with Crippen LogP contribution < -0.4 is 11.4 Å². The minimum Gasteiger partial charge on any atom is -0.425 e. The van der Waals surface area contributed by atoms with Crippen molar-refractivity contribution in [3.05, 3.63) is 93.9 Å². The number of nitrogens with two attached hydrogens (primary N) is 1. The lowest BCUT2D eigenvalue weighted by Crippen LogP contribution is -2.16. The highest BCUT2D eigenvalue weighted by molar-refractivity contribution is 5.88. The number of aryl methyl sites for hydroxylation is 1. The number of hydrogen-bond acceptors (Lipinski definition) is 6. The van der Waals surface area contributed by atoms with Gasteiger partial charge in [0.1, 0.15) is 23.9 Å². The van der Waals surface area contributed by atoms with Gasteiger partial charge in [0.05, 0.1) is 16.5 Å². The van der Waals surface area contributed by atoms with Crippen LogP contribution in [0.3, 0.4) is 0 Å². The summed E-state index contributed by atoms with van der Waals surface area (Å²) in [6.45, 7) is 3.82. The van der Waals surface area contributed by atoms with Gasteiger partial charge in [0.25, 0.3) is 0 Å². The Balaban J connectivity index is 1.76. The molecule has 154 valence electrons. The van der Waals surface area contributed by atoms with Gasteiger partial charge in [-0.2, -0.15) is 5.10 Å². The Morgan fingerprint density at radius 1 is 1.03 bits per heavy atom. The van der Waals surface area contributed by atoms with E-state index in [0.29, 0.717) is 34.4 Å². The smallest absolute Gasteiger partial charge is 0.343 e. The highest BCUT2D eigenvalue weighted by Gasteiger charge is 2.24. The molecule has 0 saturated heterocycles. The van der Waals surface area contributed by atoms with Crippen molar-refractivity contribution in [3.63, 3.8) is 0 Å². The van der Waals surface area contributed by atoms with Crippen LogP contribution >= 0.6 is 0 Å². The van der Waals surface area contributed by atoms with Crippen molar-refractivity contribution in [3.8, 4) is 0 Å². The number of rotatable bonds is 4. The standard InChI is InChI=1S/C24H21N5O2/c1-14-20-22(25)26-13-27-23(20)29(28-14)15(2)21-19(12-16-8-4-3-5-9-16)17-10-6-7-11-18(17)24(30)31-21/h3-11,13,15H,12H2,1-2H3,(H2,25,26,27). The maximum Gasteiger partial charge on any atom is 0.343 e. The van der Waals surface area contributed by atoms with E-state index in [9.17, 15) is 4.79 Å². The fourth-order valence-electron chi connectivity index (χ4n) is 4.14. The molecular formula is C24H21N5O2. The molecule has 31 heavy (non-hydrogen) atoms. The SMILES string of the molecule is Cc1nn(C(C)c2oc(=O)c3ccccc3c2Cc2ccccc2)c2ncnc(N)c12. The van der Waals surface area contributed by atoms with Crippen molar-refractivity contribution in [1.29, 1.82) is 0 Å². The van der Waals surface area contributed by atoms with E-state index < -0.39 is 0 Å². The van der Waals surface area contributed by atoms with Crippen molar-refractivity contribution in [1.82, 2.24) is 19.7 Å². The van der Waals surface area contributed by atoms with Crippen LogP contribution in [0.25, 0.3) is 21.8 Å². The Bertz CT molecular complexity index is 1470. The number of anilines is 1. The normalized spacial score (nSPS) is 12.5. The van der Waals surface area contributed by atoms with E-state index in [-0.39, 0.29) is 11.7 Å². The van der Waals surface area contributed by atoms with Gasteiger partial charge in [-0.05, 0) is 30.9 Å². The molecule has 2 N–H and O–H groups in total. The molecule has 1 unspecified atom stereocenters. The molecule has 0 bridgehead atoms. The Kier molecular flexibility index (Phi) is 4.51. The largest absolute Gasteiger partial charge is 0.425 e. The summed E-state index contributed by atoms with van der Waals surface area (Å²) in [6, 6.07) is 17.3. The number of fused-ring (bicyclic) bond motifs is 2. The third-order valence-electron chi connectivity index (χ3n) is 5.64. The minimum atomic E-state index is -0.374. The molecule has 0 fully saturated rings. The number of benzene rings is 2. The molecule has 5 rings (SSSR count). The number of aromatic nitrogens is 4. The molecule has 5 aromatic rings. The monoisotopic (exact) mass is 411 g/mol. The summed E-state index contributed by atoms with van der Waals surface area (Å²) in [5, 5.41) is 6.82. The van der Waals surface area contributed by atoms with Crippen molar-refractivity contribution >= 4 is 27.6 Å². The van der Waals surface area contributed by atoms with Gasteiger partial charge in [-0.15, -0.1) is 0 Å². The number of nitrogens with zero attached hydrogens (tertiary/aromatic N) is 4. The van der Waals surface area contributed by atoms with Gasteiger partial charge >= 0.3 is 5.63 Å². The van der Waals surface area contributed by atoms with Crippen LogP contribution in [-0.4, -0.2) is 19.7 Å². The number of hydrogen-bond donors (Lipinski definition) is 1. The summed E-state index contributed by atoms with van der Waals surface area (Å²) in [7, 11) is 0. The van der Waals surface area contributed by atoms with E-state index >= 15 is 0 Å². The lowest BCUT2D eigenvalue weighted by molar-refractivity contribution is 0.397. The molecule has 0 saturated carbocycles. The average Bonchev–Trinajstić information content (AvgIpc) is 3.13. The predicted molar refractivity (Wildman–Crippen MR) is 120 cm³/mol. The first-order valence-electron chi connectivity index (χ1n) is 10.1. The molecule has 0 aliphatic carbocycles. The fourth-order valence-corrected chi connectivity index (χ4v) is 4.14. The molecule has 7 heteroatoms. The maximum atomic E-state index is 12.8. The molecule has 0 radical (unpaired) electrons.